The van der Waals surface area contributed by atoms with Crippen LogP contribution in [0.25, 0.3) is 10.9 Å². The highest BCUT2D eigenvalue weighted by Gasteiger charge is 2.25. The second-order valence-corrected chi connectivity index (χ2v) is 10.6. The Morgan fingerprint density at radius 2 is 1.76 bits per heavy atom. The number of nitro benzene ring substituents is 1. The molecule has 0 unspecified atom stereocenters. The Bertz CT molecular complexity index is 1450. The van der Waals surface area contributed by atoms with E-state index < -0.39 is 10.8 Å². The topological polar surface area (TPSA) is 80.4 Å². The fourth-order valence-electron chi connectivity index (χ4n) is 5.47. The molecule has 0 aliphatic heterocycles. The highest BCUT2D eigenvalue weighted by atomic mass is 19.1. The third-order valence-corrected chi connectivity index (χ3v) is 7.75. The Hall–Kier alpha value is -4.04. The summed E-state index contributed by atoms with van der Waals surface area (Å²) in [6.45, 7) is 9.89. The number of halogens is 1. The zero-order valence-electron chi connectivity index (χ0n) is 24.1. The molecule has 0 radical (unpaired) electrons. The van der Waals surface area contributed by atoms with E-state index in [1.54, 1.807) is 24.3 Å². The highest BCUT2D eigenvalue weighted by Crippen LogP contribution is 2.37. The van der Waals surface area contributed by atoms with Crippen LogP contribution < -0.4 is 5.32 Å². The Balaban J connectivity index is 1.66. The summed E-state index contributed by atoms with van der Waals surface area (Å²) in [6, 6.07) is 21.0. The molecule has 0 aliphatic carbocycles. The van der Waals surface area contributed by atoms with Crippen molar-refractivity contribution in [3.63, 3.8) is 0 Å². The predicted octanol–water partition coefficient (Wildman–Crippen LogP) is 6.89. The van der Waals surface area contributed by atoms with Gasteiger partial charge >= 0.3 is 0 Å². The van der Waals surface area contributed by atoms with Crippen molar-refractivity contribution in [1.82, 2.24) is 14.8 Å². The van der Waals surface area contributed by atoms with E-state index in [1.165, 1.54) is 18.2 Å². The molecule has 4 aromatic rings. The summed E-state index contributed by atoms with van der Waals surface area (Å²) in [4.78, 5) is 27.0. The van der Waals surface area contributed by atoms with E-state index in [-0.39, 0.29) is 29.9 Å². The Morgan fingerprint density at radius 3 is 2.41 bits per heavy atom. The molecule has 1 N–H and O–H groups in total. The number of nitrogens with zero attached hydrogens (tertiary/aromatic N) is 3. The van der Waals surface area contributed by atoms with Gasteiger partial charge in [0.15, 0.2) is 0 Å². The Kier molecular flexibility index (Phi) is 10.2. The lowest BCUT2D eigenvalue weighted by molar-refractivity contribution is -0.384. The van der Waals surface area contributed by atoms with Crippen molar-refractivity contribution in [2.45, 2.75) is 58.5 Å². The summed E-state index contributed by atoms with van der Waals surface area (Å²) in [5, 5.41) is 15.5. The van der Waals surface area contributed by atoms with Gasteiger partial charge in [0.1, 0.15) is 5.82 Å². The van der Waals surface area contributed by atoms with Crippen molar-refractivity contribution in [2.75, 3.05) is 19.6 Å². The number of fused-ring (bicyclic) bond motifs is 1. The average molecular weight is 559 g/mol. The lowest BCUT2D eigenvalue weighted by Gasteiger charge is -2.21. The van der Waals surface area contributed by atoms with Crippen LogP contribution >= 0.6 is 0 Å². The zero-order valence-corrected chi connectivity index (χ0v) is 24.1. The van der Waals surface area contributed by atoms with Gasteiger partial charge in [-0.15, -0.1) is 0 Å². The third-order valence-electron chi connectivity index (χ3n) is 7.75. The van der Waals surface area contributed by atoms with Gasteiger partial charge in [-0.1, -0.05) is 56.3 Å². The van der Waals surface area contributed by atoms with E-state index >= 15 is 0 Å². The molecule has 7 nitrogen and oxygen atoms in total. The van der Waals surface area contributed by atoms with Gasteiger partial charge in [-0.25, -0.2) is 4.39 Å². The molecule has 1 aromatic heterocycles. The molecular weight excluding hydrogens is 519 g/mol. The van der Waals surface area contributed by atoms with Gasteiger partial charge < -0.3 is 14.8 Å². The van der Waals surface area contributed by atoms with Crippen molar-refractivity contribution in [3.05, 3.63) is 112 Å². The lowest BCUT2D eigenvalue weighted by atomic mass is 9.87. The maximum absolute atomic E-state index is 13.9. The summed E-state index contributed by atoms with van der Waals surface area (Å²) in [5.41, 5.74) is 3.49. The molecule has 2 atom stereocenters. The van der Waals surface area contributed by atoms with Crippen LogP contribution in [-0.4, -0.2) is 46.0 Å². The van der Waals surface area contributed by atoms with Crippen molar-refractivity contribution in [3.8, 4) is 0 Å². The van der Waals surface area contributed by atoms with E-state index in [0.29, 0.717) is 11.9 Å². The predicted molar refractivity (Wildman–Crippen MR) is 162 cm³/mol. The number of aromatic nitrogens is 1. The van der Waals surface area contributed by atoms with Crippen LogP contribution in [0.5, 0.6) is 0 Å². The number of nitro groups is 1. The second-order valence-electron chi connectivity index (χ2n) is 10.6. The van der Waals surface area contributed by atoms with Gasteiger partial charge in [0.25, 0.3) is 5.69 Å². The van der Waals surface area contributed by atoms with Gasteiger partial charge in [-0.05, 0) is 74.3 Å². The maximum Gasteiger partial charge on any atom is 0.270 e. The fourth-order valence-corrected chi connectivity index (χ4v) is 5.47. The fraction of sp³-hybridized carbons (Fsp3) is 0.364. The Morgan fingerprint density at radius 1 is 1.05 bits per heavy atom. The number of carbonyl (C=O) groups is 1. The van der Waals surface area contributed by atoms with Crippen molar-refractivity contribution in [1.29, 1.82) is 0 Å². The number of rotatable bonds is 14. The normalized spacial score (nSPS) is 12.9. The molecule has 1 heterocycles. The first-order valence-electron chi connectivity index (χ1n) is 14.4. The molecule has 0 spiro atoms. The SMILES string of the molecule is CCN(CC)CCC[C@@H](C)NC(=O)C[C@@H](c1ccc(F)cc1)c1cn(Cc2ccccc2)c2ccc([N+](=O)[O-])cc12. The van der Waals surface area contributed by atoms with Crippen LogP contribution in [0.3, 0.4) is 0 Å². The number of carbonyl (C=O) groups excluding carboxylic acids is 1. The molecule has 0 saturated heterocycles. The number of non-ortho nitro benzene ring substituents is 1. The summed E-state index contributed by atoms with van der Waals surface area (Å²) in [7, 11) is 0. The van der Waals surface area contributed by atoms with E-state index in [1.807, 2.05) is 43.5 Å². The number of nitrogens with one attached hydrogen (secondary N) is 1. The monoisotopic (exact) mass is 558 g/mol. The van der Waals surface area contributed by atoms with Crippen molar-refractivity contribution >= 4 is 22.5 Å². The highest BCUT2D eigenvalue weighted by molar-refractivity contribution is 5.88. The first-order chi connectivity index (χ1) is 19.8. The van der Waals surface area contributed by atoms with Crippen LogP contribution in [0.4, 0.5) is 10.1 Å². The van der Waals surface area contributed by atoms with Crippen LogP contribution in [0.2, 0.25) is 0 Å². The smallest absolute Gasteiger partial charge is 0.270 e. The van der Waals surface area contributed by atoms with Crippen LogP contribution in [0.15, 0.2) is 79.0 Å². The quantitative estimate of drug-likeness (QED) is 0.135. The van der Waals surface area contributed by atoms with E-state index in [9.17, 15) is 19.3 Å². The van der Waals surface area contributed by atoms with Gasteiger partial charge in [-0.3, -0.25) is 14.9 Å². The molecule has 3 aromatic carbocycles. The molecule has 0 saturated carbocycles. The average Bonchev–Trinajstić information content (AvgIpc) is 3.32. The summed E-state index contributed by atoms with van der Waals surface area (Å²) >= 11 is 0. The first-order valence-corrected chi connectivity index (χ1v) is 14.4. The number of hydrogen-bond donors (Lipinski definition) is 1. The largest absolute Gasteiger partial charge is 0.354 e. The number of hydrogen-bond acceptors (Lipinski definition) is 4. The lowest BCUT2D eigenvalue weighted by Crippen LogP contribution is -2.34. The molecule has 4 rings (SSSR count). The van der Waals surface area contributed by atoms with Crippen molar-refractivity contribution in [2.24, 2.45) is 0 Å². The van der Waals surface area contributed by atoms with Crippen LogP contribution in [0.1, 0.15) is 62.6 Å². The molecule has 0 bridgehead atoms. The van der Waals surface area contributed by atoms with E-state index in [2.05, 4.69) is 28.6 Å². The minimum atomic E-state index is -0.417. The Labute approximate surface area is 241 Å². The van der Waals surface area contributed by atoms with Crippen LogP contribution in [0, 0.1) is 15.9 Å². The minimum absolute atomic E-state index is 0.00689. The van der Waals surface area contributed by atoms with Crippen molar-refractivity contribution < 1.29 is 14.1 Å². The second kappa shape index (κ2) is 14.0. The van der Waals surface area contributed by atoms with E-state index in [0.717, 1.165) is 54.7 Å². The molecule has 1 amide bonds. The summed E-state index contributed by atoms with van der Waals surface area (Å²) < 4.78 is 16.0. The van der Waals surface area contributed by atoms with Gasteiger partial charge in [0.2, 0.25) is 5.91 Å². The van der Waals surface area contributed by atoms with Gasteiger partial charge in [0.05, 0.1) is 4.92 Å². The zero-order chi connectivity index (χ0) is 29.4. The summed E-state index contributed by atoms with van der Waals surface area (Å²) in [5.74, 6) is -0.884. The van der Waals surface area contributed by atoms with Crippen LogP contribution in [-0.2, 0) is 11.3 Å². The maximum atomic E-state index is 13.9. The van der Waals surface area contributed by atoms with Gasteiger partial charge in [-0.2, -0.15) is 0 Å². The molecule has 41 heavy (non-hydrogen) atoms. The molecule has 216 valence electrons. The third kappa shape index (κ3) is 7.79. The van der Waals surface area contributed by atoms with Gasteiger partial charge in [0, 0.05) is 54.2 Å². The number of amides is 1. The first kappa shape index (κ1) is 29.9. The molecule has 0 aliphatic rings. The summed E-state index contributed by atoms with van der Waals surface area (Å²) in [6.07, 6.45) is 3.97. The standard InChI is InChI=1S/C33H39FN4O3/c1-4-36(5-2)19-9-10-24(3)35-33(39)21-29(26-13-15-27(34)16-14-26)31-23-37(22-25-11-7-6-8-12-25)32-18-17-28(38(40)41)20-30(31)32/h6-8,11-18,20,23-24,29H,4-5,9-10,19,21-22H2,1-3H3,(H,35,39)/t24-,29+/m1/s1. The molecule has 0 fully saturated rings. The molecule has 8 heteroatoms. The number of benzene rings is 3. The molecular formula is C33H39FN4O3. The minimum Gasteiger partial charge on any atom is -0.354 e. The van der Waals surface area contributed by atoms with E-state index in [4.69, 9.17) is 0 Å².